The van der Waals surface area contributed by atoms with Gasteiger partial charge in [0.05, 0.1) is 18.0 Å². The summed E-state index contributed by atoms with van der Waals surface area (Å²) < 4.78 is 8.00. The molecule has 0 saturated carbocycles. The van der Waals surface area contributed by atoms with Crippen LogP contribution in [0.4, 0.5) is 0 Å². The van der Waals surface area contributed by atoms with E-state index in [4.69, 9.17) is 10.5 Å². The topological polar surface area (TPSA) is 52.5 Å². The van der Waals surface area contributed by atoms with Crippen LogP contribution in [0, 0.1) is 0 Å². The fraction of sp³-hybridized carbons (Fsp3) is 0.389. The maximum absolute atomic E-state index is 5.75. The summed E-state index contributed by atoms with van der Waals surface area (Å²) in [6.07, 6.45) is 3.96. The van der Waals surface area contributed by atoms with Gasteiger partial charge in [-0.3, -0.25) is 4.40 Å². The number of rotatable bonds is 6. The van der Waals surface area contributed by atoms with E-state index in [-0.39, 0.29) is 6.10 Å². The maximum atomic E-state index is 5.75. The third kappa shape index (κ3) is 3.12. The molecule has 2 aromatic heterocycles. The van der Waals surface area contributed by atoms with Gasteiger partial charge in [0.2, 0.25) is 0 Å². The van der Waals surface area contributed by atoms with Gasteiger partial charge in [0.1, 0.15) is 5.75 Å². The molecule has 1 aromatic carbocycles. The summed E-state index contributed by atoms with van der Waals surface area (Å²) in [5.74, 6) is 0.904. The van der Waals surface area contributed by atoms with E-state index in [2.05, 4.69) is 28.4 Å². The summed E-state index contributed by atoms with van der Waals surface area (Å²) in [6, 6.07) is 8.34. The average molecular weight is 329 g/mol. The van der Waals surface area contributed by atoms with E-state index in [1.165, 1.54) is 21.8 Å². The number of hydrogen-bond acceptors (Lipinski definition) is 4. The van der Waals surface area contributed by atoms with E-state index in [1.54, 1.807) is 11.3 Å². The Morgan fingerprint density at radius 2 is 2.00 bits per heavy atom. The molecule has 0 radical (unpaired) electrons. The van der Waals surface area contributed by atoms with E-state index in [9.17, 15) is 0 Å². The first-order chi connectivity index (χ1) is 11.1. The highest BCUT2D eigenvalue weighted by Crippen LogP contribution is 2.34. The van der Waals surface area contributed by atoms with Crippen LogP contribution in [-0.2, 0) is 12.8 Å². The SMILES string of the molecule is CCc1sc2ncc(CCN)n2c1-c1ccc(OC(C)C)cc1. The van der Waals surface area contributed by atoms with Crippen molar-refractivity contribution in [1.29, 1.82) is 0 Å². The molecule has 3 rings (SSSR count). The number of imidazole rings is 1. The zero-order valence-electron chi connectivity index (χ0n) is 13.9. The zero-order valence-corrected chi connectivity index (χ0v) is 14.7. The number of nitrogens with zero attached hydrogens (tertiary/aromatic N) is 2. The molecular weight excluding hydrogens is 306 g/mol. The Hall–Kier alpha value is -1.85. The van der Waals surface area contributed by atoms with Crippen LogP contribution >= 0.6 is 11.3 Å². The Morgan fingerprint density at radius 1 is 1.26 bits per heavy atom. The number of thiazole rings is 1. The standard InChI is InChI=1S/C18H23N3OS/c1-4-16-17(13-5-7-15(8-6-13)22-12(2)3)21-14(9-10-19)11-20-18(21)23-16/h5-8,11-12H,4,9-10,19H2,1-3H3. The summed E-state index contributed by atoms with van der Waals surface area (Å²) in [6.45, 7) is 6.89. The largest absolute Gasteiger partial charge is 0.491 e. The van der Waals surface area contributed by atoms with Gasteiger partial charge in [-0.25, -0.2) is 4.98 Å². The van der Waals surface area contributed by atoms with E-state index < -0.39 is 0 Å². The second-order valence-electron chi connectivity index (χ2n) is 5.82. The molecule has 0 aliphatic heterocycles. The van der Waals surface area contributed by atoms with Gasteiger partial charge in [0.25, 0.3) is 0 Å². The Bertz CT molecular complexity index is 787. The second-order valence-corrected chi connectivity index (χ2v) is 6.89. The normalized spacial score (nSPS) is 11.5. The number of benzene rings is 1. The molecule has 0 amide bonds. The molecule has 23 heavy (non-hydrogen) atoms. The number of hydrogen-bond donors (Lipinski definition) is 1. The molecule has 2 heterocycles. The van der Waals surface area contributed by atoms with Crippen LogP contribution in [0.5, 0.6) is 5.75 Å². The Kier molecular flexibility index (Phi) is 4.68. The van der Waals surface area contributed by atoms with Gasteiger partial charge in [-0.1, -0.05) is 6.92 Å². The Labute approximate surface area is 140 Å². The van der Waals surface area contributed by atoms with Crippen molar-refractivity contribution in [2.24, 2.45) is 5.73 Å². The molecule has 0 atom stereocenters. The Morgan fingerprint density at radius 3 is 2.61 bits per heavy atom. The van der Waals surface area contributed by atoms with Gasteiger partial charge in [-0.05, 0) is 56.6 Å². The van der Waals surface area contributed by atoms with Gasteiger partial charge in [-0.15, -0.1) is 11.3 Å². The minimum atomic E-state index is 0.185. The number of ether oxygens (including phenoxy) is 1. The molecular formula is C18H23N3OS. The molecule has 4 nitrogen and oxygen atoms in total. The summed E-state index contributed by atoms with van der Waals surface area (Å²) in [7, 11) is 0. The zero-order chi connectivity index (χ0) is 16.4. The van der Waals surface area contributed by atoms with Crippen molar-refractivity contribution in [2.75, 3.05) is 6.54 Å². The van der Waals surface area contributed by atoms with E-state index in [0.29, 0.717) is 6.54 Å². The van der Waals surface area contributed by atoms with Crippen LogP contribution in [-0.4, -0.2) is 22.0 Å². The first-order valence-electron chi connectivity index (χ1n) is 8.09. The molecule has 122 valence electrons. The van der Waals surface area contributed by atoms with Crippen molar-refractivity contribution in [3.8, 4) is 17.0 Å². The van der Waals surface area contributed by atoms with Crippen LogP contribution in [0.1, 0.15) is 31.3 Å². The highest BCUT2D eigenvalue weighted by molar-refractivity contribution is 7.17. The van der Waals surface area contributed by atoms with Crippen LogP contribution in [0.15, 0.2) is 30.5 Å². The lowest BCUT2D eigenvalue weighted by atomic mass is 10.1. The number of aromatic nitrogens is 2. The van der Waals surface area contributed by atoms with Crippen molar-refractivity contribution < 1.29 is 4.74 Å². The molecule has 0 bridgehead atoms. The first-order valence-corrected chi connectivity index (χ1v) is 8.90. The molecule has 0 unspecified atom stereocenters. The lowest BCUT2D eigenvalue weighted by Crippen LogP contribution is -2.06. The fourth-order valence-corrected chi connectivity index (χ4v) is 3.86. The average Bonchev–Trinajstić information content (AvgIpc) is 3.07. The van der Waals surface area contributed by atoms with Crippen LogP contribution in [0.3, 0.4) is 0 Å². The van der Waals surface area contributed by atoms with Crippen molar-refractivity contribution in [3.05, 3.63) is 41.0 Å². The van der Waals surface area contributed by atoms with Crippen LogP contribution < -0.4 is 10.5 Å². The van der Waals surface area contributed by atoms with Crippen molar-refractivity contribution >= 4 is 16.3 Å². The smallest absolute Gasteiger partial charge is 0.194 e. The van der Waals surface area contributed by atoms with Gasteiger partial charge < -0.3 is 10.5 Å². The molecule has 5 heteroatoms. The number of fused-ring (bicyclic) bond motifs is 1. The highest BCUT2D eigenvalue weighted by atomic mass is 32.1. The summed E-state index contributed by atoms with van der Waals surface area (Å²) in [4.78, 5) is 6.95. The summed E-state index contributed by atoms with van der Waals surface area (Å²) in [5, 5.41) is 0. The van der Waals surface area contributed by atoms with E-state index in [1.807, 2.05) is 32.2 Å². The molecule has 0 fully saturated rings. The quantitative estimate of drug-likeness (QED) is 0.746. The second kappa shape index (κ2) is 6.72. The molecule has 0 spiro atoms. The fourth-order valence-electron chi connectivity index (χ4n) is 2.78. The van der Waals surface area contributed by atoms with Gasteiger partial charge in [-0.2, -0.15) is 0 Å². The van der Waals surface area contributed by atoms with Gasteiger partial charge in [0, 0.05) is 17.0 Å². The van der Waals surface area contributed by atoms with Crippen LogP contribution in [0.2, 0.25) is 0 Å². The maximum Gasteiger partial charge on any atom is 0.194 e. The Balaban J connectivity index is 2.08. The minimum absolute atomic E-state index is 0.185. The van der Waals surface area contributed by atoms with Gasteiger partial charge >= 0.3 is 0 Å². The summed E-state index contributed by atoms with van der Waals surface area (Å²) in [5.41, 5.74) is 9.36. The predicted molar refractivity (Wildman–Crippen MR) is 96.4 cm³/mol. The summed E-state index contributed by atoms with van der Waals surface area (Å²) >= 11 is 1.76. The first kappa shape index (κ1) is 16.0. The monoisotopic (exact) mass is 329 g/mol. The van der Waals surface area contributed by atoms with Crippen LogP contribution in [0.25, 0.3) is 16.2 Å². The number of aryl methyl sites for hydroxylation is 1. The molecule has 3 aromatic rings. The third-order valence-corrected chi connectivity index (χ3v) is 4.92. The molecule has 0 saturated heterocycles. The number of nitrogens with two attached hydrogens (primary N) is 1. The van der Waals surface area contributed by atoms with E-state index >= 15 is 0 Å². The van der Waals surface area contributed by atoms with E-state index in [0.717, 1.165) is 23.6 Å². The van der Waals surface area contributed by atoms with Crippen molar-refractivity contribution in [3.63, 3.8) is 0 Å². The molecule has 2 N–H and O–H groups in total. The van der Waals surface area contributed by atoms with Crippen molar-refractivity contribution in [1.82, 2.24) is 9.38 Å². The lowest BCUT2D eigenvalue weighted by Gasteiger charge is -2.11. The minimum Gasteiger partial charge on any atom is -0.491 e. The van der Waals surface area contributed by atoms with Gasteiger partial charge in [0.15, 0.2) is 4.96 Å². The third-order valence-electron chi connectivity index (χ3n) is 3.73. The highest BCUT2D eigenvalue weighted by Gasteiger charge is 2.16. The lowest BCUT2D eigenvalue weighted by molar-refractivity contribution is 0.242. The molecule has 0 aliphatic rings. The predicted octanol–water partition coefficient (Wildman–Crippen LogP) is 3.91. The van der Waals surface area contributed by atoms with Crippen molar-refractivity contribution in [2.45, 2.75) is 39.7 Å². The molecule has 0 aliphatic carbocycles.